The second-order valence-electron chi connectivity index (χ2n) is 35.6. The monoisotopic (exact) mass is 2000 g/mol. The highest BCUT2D eigenvalue weighted by Crippen LogP contribution is 2.50. The molecule has 9 aromatic carbocycles. The molecule has 24 nitrogen and oxygen atoms in total. The molecule has 6 saturated carbocycles. The molecule has 16 rings (SSSR count). The molecule has 0 aliphatic heterocycles. The number of halogens is 9. The van der Waals surface area contributed by atoms with E-state index in [-0.39, 0.29) is 60.3 Å². The summed E-state index contributed by atoms with van der Waals surface area (Å²) in [4.78, 5) is 86.7. The van der Waals surface area contributed by atoms with E-state index < -0.39 is 85.1 Å². The summed E-state index contributed by atoms with van der Waals surface area (Å²) in [6, 6.07) is 70.7. The highest BCUT2D eigenvalue weighted by atomic mass is 31.2. The van der Waals surface area contributed by atoms with E-state index in [1.807, 2.05) is 105 Å². The van der Waals surface area contributed by atoms with Crippen molar-refractivity contribution in [1.29, 1.82) is 10.5 Å². The summed E-state index contributed by atoms with van der Waals surface area (Å²) in [6.45, 7) is 27.3. The van der Waals surface area contributed by atoms with Gasteiger partial charge >= 0.3 is 42.4 Å². The number of alkyl halides is 9. The van der Waals surface area contributed by atoms with Gasteiger partial charge < -0.3 is 42.6 Å². The Morgan fingerprint density at radius 2 is 0.888 bits per heavy atom. The summed E-state index contributed by atoms with van der Waals surface area (Å²) in [5.74, 6) is 4.57. The minimum absolute atomic E-state index is 0.0243. The summed E-state index contributed by atoms with van der Waals surface area (Å²) in [5.41, 5.74) is 9.63. The third-order valence-electron chi connectivity index (χ3n) is 23.1. The first-order valence-corrected chi connectivity index (χ1v) is 51.7. The van der Waals surface area contributed by atoms with Gasteiger partial charge in [0.25, 0.3) is 11.8 Å². The number of allylic oxidation sites excluding steroid dienone is 1. The predicted molar refractivity (Wildman–Crippen MR) is 526 cm³/mol. The number of nitrogens with one attached hydrogen (secondary N) is 3. The van der Waals surface area contributed by atoms with Gasteiger partial charge in [-0.15, -0.1) is 10.2 Å². The largest absolute Gasteiger partial charge is 0.481 e. The summed E-state index contributed by atoms with van der Waals surface area (Å²) in [5, 5.41) is 38.1. The Labute approximate surface area is 826 Å². The first-order chi connectivity index (χ1) is 68.0. The van der Waals surface area contributed by atoms with Crippen LogP contribution in [0.25, 0.3) is 21.1 Å². The molecule has 1 heterocycles. The predicted octanol–water partition coefficient (Wildman–Crippen LogP) is 21.1. The van der Waals surface area contributed by atoms with E-state index in [1.54, 1.807) is 67.3 Å². The van der Waals surface area contributed by atoms with E-state index in [0.717, 1.165) is 140 Å². The fourth-order valence-electron chi connectivity index (χ4n) is 14.5. The van der Waals surface area contributed by atoms with Crippen molar-refractivity contribution >= 4 is 78.5 Å². The zero-order chi connectivity index (χ0) is 104. The normalized spacial score (nSPS) is 14.8. The number of benzene rings is 9. The van der Waals surface area contributed by atoms with Gasteiger partial charge in [0.15, 0.2) is 14.1 Å². The Bertz CT molecular complexity index is 6120. The topological polar surface area (TPSA) is 343 Å². The molecule has 752 valence electrons. The first kappa shape index (κ1) is 112. The fourth-order valence-corrected chi connectivity index (χ4v) is 19.6. The number of ether oxygens (including phenoxy) is 4. The van der Waals surface area contributed by atoms with Gasteiger partial charge in [0.05, 0.1) is 59.5 Å². The zero-order valence-electron chi connectivity index (χ0n) is 80.3. The number of aromatic nitrogens is 2. The molecular formula is C108H114F9N10O14PSi. The number of nitrogen functional groups attached to an aromatic ring is 1. The molecule has 0 radical (unpaired) electrons. The Morgan fingerprint density at radius 3 is 1.25 bits per heavy atom. The number of hydrazine groups is 2. The van der Waals surface area contributed by atoms with Crippen LogP contribution in [0.3, 0.4) is 0 Å². The summed E-state index contributed by atoms with van der Waals surface area (Å²) >= 11 is 0. The van der Waals surface area contributed by atoms with Crippen molar-refractivity contribution in [2.75, 3.05) is 26.4 Å². The number of esters is 3. The molecule has 143 heavy (non-hydrogen) atoms. The Morgan fingerprint density at radius 1 is 0.490 bits per heavy atom. The number of carboxylic acids is 1. The Kier molecular flexibility index (Phi) is 40.5. The number of nitrogens with zero attached hydrogens (tertiary/aromatic N) is 6. The van der Waals surface area contributed by atoms with Crippen molar-refractivity contribution < 1.29 is 106 Å². The standard InChI is InChI=1S/C22H21O2P.C21H18F3N3O2.C21H16F3N3O.C15H13F3N2O.C8H11NO2.C8H18O2Si.C7H10O2.C6H7NO2/c1-2-24-22(23)18-25(19-12-6-3-7-13-19,20-14-8-4-9-15-20)21-16-10-5-11-17-21;22-21(23,24)16-7-5-14(6-8-16)11-15-3-1-2-4-17(15)19(29)27-26-18(28)12-20(13-25)9-10-20;22-21(23,24)16-7-5-14(6-8-16)11-15-3-1-2-4-17(15)19-27-26-18(28-19)12-20(13-25)9-10-20;16-15(17,18)12-7-5-10(6-8-12)9-11-3-1-2-4-13(11)14(21)20-19;1-3-11-7(10)6-8(9-2)4-5-8;1-5-9-8(6-7-8)10-11(2,3)4;1-2-9-7(8)5-6-3-4-6;1-7-6(2-3-6)4-5(8)9/h3-18H,2H2,1H3;1-8H,9-12H2,(H,26,28)(H,27,29);1-8H,9-12H2;1-8H,9,19H2,(H,20,21);3-6H2,1H3;5-7H2,1-4H3;5H,2-4H2,1H3;2-4H2,(H,8,9). The maximum atomic E-state index is 12.7. The van der Waals surface area contributed by atoms with Crippen molar-refractivity contribution in [3.8, 4) is 23.6 Å². The lowest BCUT2D eigenvalue weighted by atomic mass is 9.98. The summed E-state index contributed by atoms with van der Waals surface area (Å²) < 4.78 is 146. The minimum Gasteiger partial charge on any atom is -0.481 e. The smallest absolute Gasteiger partial charge is 0.416 e. The molecule has 0 spiro atoms. The van der Waals surface area contributed by atoms with Crippen LogP contribution >= 0.6 is 6.89 Å². The number of carboxylic acid groups (broad SMARTS) is 1. The lowest BCUT2D eigenvalue weighted by molar-refractivity contribution is -0.143. The van der Waals surface area contributed by atoms with Crippen LogP contribution < -0.4 is 38.0 Å². The first-order valence-electron chi connectivity index (χ1n) is 46.4. The van der Waals surface area contributed by atoms with E-state index in [1.165, 1.54) is 42.0 Å². The molecule has 0 atom stereocenters. The van der Waals surface area contributed by atoms with Crippen molar-refractivity contribution in [2.24, 2.45) is 16.7 Å². The highest BCUT2D eigenvalue weighted by molar-refractivity contribution is 7.95. The quantitative estimate of drug-likeness (QED) is 0.00248. The number of aliphatic carboxylic acids is 1. The van der Waals surface area contributed by atoms with Crippen LogP contribution in [0, 0.1) is 46.6 Å². The van der Waals surface area contributed by atoms with Crippen LogP contribution in [0.5, 0.6) is 0 Å². The van der Waals surface area contributed by atoms with Crippen LogP contribution in [0.15, 0.2) is 253 Å². The SMILES string of the molecule is CCOC(=O)C=C1CC1.CCOC(=O)C=P(c1ccccc1)(c1ccccc1)c1ccccc1.CCOC1(O[Si](C)(C)C)CC1.N#CC1(CC(=O)NNC(=O)c2ccccc2Cc2ccc(C(F)(F)F)cc2)CC1.N#CC1(Cc2nnc(-c3ccccc3Cc3ccc(C(F)(F)F)cc3)o2)CC1.NNC(=O)c1ccccc1Cc1ccc(C(F)(F)F)cc1.[C-]#[N+]C1(CC(=O)O)CC1.[C-]#[N+]C1(CC(=O)OCC)CC1. The van der Waals surface area contributed by atoms with E-state index in [9.17, 15) is 78.3 Å². The number of amides is 3. The lowest BCUT2D eigenvalue weighted by Gasteiger charge is -2.28. The minimum atomic E-state index is -4.40. The number of hydrogen-bond acceptors (Lipinski definition) is 18. The molecule has 1 aromatic heterocycles. The summed E-state index contributed by atoms with van der Waals surface area (Å²) in [7, 11) is -1.39. The molecule has 6 aliphatic carbocycles. The maximum Gasteiger partial charge on any atom is 0.416 e. The molecule has 6 aliphatic rings. The molecular weight excluding hydrogens is 1890 g/mol. The van der Waals surface area contributed by atoms with Gasteiger partial charge in [0.2, 0.25) is 28.8 Å². The average molecular weight is 2010 g/mol. The molecule has 35 heteroatoms. The number of nitrogens with two attached hydrogens (primary N) is 1. The van der Waals surface area contributed by atoms with Crippen LogP contribution in [0.2, 0.25) is 19.6 Å². The zero-order valence-corrected chi connectivity index (χ0v) is 82.2. The van der Waals surface area contributed by atoms with E-state index >= 15 is 0 Å². The van der Waals surface area contributed by atoms with Crippen molar-refractivity contribution in [2.45, 2.75) is 205 Å². The van der Waals surface area contributed by atoms with Gasteiger partial charge in [-0.3, -0.25) is 40.3 Å². The average Bonchev–Trinajstić information content (AvgIpc) is 1.75. The second-order valence-corrected chi connectivity index (χ2v) is 43.3. The maximum absolute atomic E-state index is 12.7. The fraction of sp³-hybridized carbons (Fsp3) is 0.352. The van der Waals surface area contributed by atoms with Crippen molar-refractivity contribution in [3.05, 3.63) is 338 Å². The molecule has 6 fully saturated rings. The van der Waals surface area contributed by atoms with E-state index in [0.29, 0.717) is 97.1 Å². The molecule has 3 amide bonds. The van der Waals surface area contributed by atoms with Crippen LogP contribution in [0.1, 0.15) is 201 Å². The van der Waals surface area contributed by atoms with E-state index in [4.69, 9.17) is 52.4 Å². The molecule has 6 N–H and O–H groups in total. The second kappa shape index (κ2) is 51.5. The third kappa shape index (κ3) is 36.1. The number of carbonyl (C=O) groups excluding carboxylic acids is 6. The van der Waals surface area contributed by atoms with Gasteiger partial charge in [-0.1, -0.05) is 188 Å². The lowest BCUT2D eigenvalue weighted by Crippen LogP contribution is -2.42. The van der Waals surface area contributed by atoms with Gasteiger partial charge in [0, 0.05) is 86.5 Å². The number of rotatable bonds is 29. The van der Waals surface area contributed by atoms with Crippen LogP contribution in [-0.4, -0.2) is 114 Å². The molecule has 10 aromatic rings. The molecule has 0 bridgehead atoms. The van der Waals surface area contributed by atoms with Crippen LogP contribution in [0.4, 0.5) is 39.5 Å². The Hall–Kier alpha value is -14.1. The molecule has 0 saturated heterocycles. The third-order valence-corrected chi connectivity index (χ3v) is 28.0. The number of carbonyl (C=O) groups is 7. The molecule has 0 unspecified atom stereocenters. The highest BCUT2D eigenvalue weighted by Gasteiger charge is 2.54. The van der Waals surface area contributed by atoms with Gasteiger partial charge in [-0.05, 0) is 216 Å². The van der Waals surface area contributed by atoms with Crippen molar-refractivity contribution in [1.82, 2.24) is 26.5 Å². The van der Waals surface area contributed by atoms with Crippen molar-refractivity contribution in [3.63, 3.8) is 0 Å². The van der Waals surface area contributed by atoms with Gasteiger partial charge in [-0.2, -0.15) is 50.0 Å². The summed E-state index contributed by atoms with van der Waals surface area (Å²) in [6.07, 6.45) is 0.902. The van der Waals surface area contributed by atoms with Gasteiger partial charge in [0.1, 0.15) is 12.8 Å². The number of hydrogen-bond donors (Lipinski definition) is 5. The van der Waals surface area contributed by atoms with Crippen LogP contribution in [-0.2, 0) is 91.6 Å². The van der Waals surface area contributed by atoms with Gasteiger partial charge in [-0.25, -0.2) is 28.6 Å². The number of nitriles is 2. The Balaban J connectivity index is 0.000000189. The van der Waals surface area contributed by atoms with E-state index in [2.05, 4.69) is 104 Å².